The second-order valence-corrected chi connectivity index (χ2v) is 8.15. The Bertz CT molecular complexity index is 603. The van der Waals surface area contributed by atoms with Crippen molar-refractivity contribution in [1.29, 1.82) is 0 Å². The minimum absolute atomic E-state index is 0.00711. The lowest BCUT2D eigenvalue weighted by atomic mass is 10.1. The molecule has 1 saturated heterocycles. The van der Waals surface area contributed by atoms with Gasteiger partial charge in [0.25, 0.3) is 0 Å². The number of nitrogens with zero attached hydrogens (tertiary/aromatic N) is 1. The maximum absolute atomic E-state index is 11.6. The summed E-state index contributed by atoms with van der Waals surface area (Å²) >= 11 is 3.29. The summed E-state index contributed by atoms with van der Waals surface area (Å²) in [5.41, 5.74) is 0.970. The first kappa shape index (κ1) is 15.6. The van der Waals surface area contributed by atoms with Crippen LogP contribution in [0.25, 0.3) is 0 Å². The maximum atomic E-state index is 11.6. The maximum Gasteiger partial charge on any atom is 0.172 e. The molecule has 5 nitrogen and oxygen atoms in total. The van der Waals surface area contributed by atoms with E-state index in [4.69, 9.17) is 4.74 Å². The standard InChI is InChI=1S/C13H18BrNO4S/c1-9-8-20(17,18)4-3-15(9)7-10-5-11(14)13(16)12(6-10)19-2/h5-6,9,16H,3-4,7-8H2,1-2H3. The minimum atomic E-state index is -2.90. The number of phenolic OH excluding ortho intramolecular Hbond substituents is 1. The predicted molar refractivity (Wildman–Crippen MR) is 80.9 cm³/mol. The molecule has 1 heterocycles. The van der Waals surface area contributed by atoms with E-state index < -0.39 is 9.84 Å². The largest absolute Gasteiger partial charge is 0.503 e. The predicted octanol–water partition coefficient (Wildman–Crippen LogP) is 1.78. The quantitative estimate of drug-likeness (QED) is 0.886. The minimum Gasteiger partial charge on any atom is -0.503 e. The van der Waals surface area contributed by atoms with Gasteiger partial charge < -0.3 is 9.84 Å². The summed E-state index contributed by atoms with van der Waals surface area (Å²) in [5, 5.41) is 9.78. The molecule has 0 aliphatic carbocycles. The number of hydrogen-bond acceptors (Lipinski definition) is 5. The van der Waals surface area contributed by atoms with Gasteiger partial charge >= 0.3 is 0 Å². The second kappa shape index (κ2) is 5.91. The summed E-state index contributed by atoms with van der Waals surface area (Å²) in [6.07, 6.45) is 0. The van der Waals surface area contributed by atoms with Crippen LogP contribution < -0.4 is 4.74 Å². The molecular formula is C13H18BrNO4S. The number of sulfone groups is 1. The molecule has 0 amide bonds. The topological polar surface area (TPSA) is 66.8 Å². The van der Waals surface area contributed by atoms with Crippen LogP contribution in [0.4, 0.5) is 0 Å². The van der Waals surface area contributed by atoms with E-state index >= 15 is 0 Å². The SMILES string of the molecule is COc1cc(CN2CCS(=O)(=O)CC2C)cc(Br)c1O. The van der Waals surface area contributed by atoms with Crippen LogP contribution in [0.5, 0.6) is 11.5 Å². The fourth-order valence-corrected chi connectivity index (χ4v) is 4.49. The zero-order valence-electron chi connectivity index (χ0n) is 11.5. The van der Waals surface area contributed by atoms with Crippen molar-refractivity contribution >= 4 is 25.8 Å². The molecule has 1 aliphatic heterocycles. The highest BCUT2D eigenvalue weighted by Gasteiger charge is 2.28. The number of phenols is 1. The molecule has 1 N–H and O–H groups in total. The van der Waals surface area contributed by atoms with Crippen molar-refractivity contribution in [1.82, 2.24) is 4.90 Å². The Morgan fingerprint density at radius 2 is 2.20 bits per heavy atom. The zero-order valence-corrected chi connectivity index (χ0v) is 13.9. The molecule has 20 heavy (non-hydrogen) atoms. The molecule has 7 heteroatoms. The van der Waals surface area contributed by atoms with Gasteiger partial charge in [0.1, 0.15) is 0 Å². The van der Waals surface area contributed by atoms with Crippen molar-refractivity contribution in [2.45, 2.75) is 19.5 Å². The number of methoxy groups -OCH3 is 1. The Morgan fingerprint density at radius 1 is 1.50 bits per heavy atom. The number of aromatic hydroxyl groups is 1. The lowest BCUT2D eigenvalue weighted by Crippen LogP contribution is -2.46. The molecule has 1 aromatic rings. The fraction of sp³-hybridized carbons (Fsp3) is 0.538. The van der Waals surface area contributed by atoms with E-state index in [0.717, 1.165) is 5.56 Å². The monoisotopic (exact) mass is 363 g/mol. The van der Waals surface area contributed by atoms with Crippen LogP contribution in [0.2, 0.25) is 0 Å². The molecule has 1 aromatic carbocycles. The number of rotatable bonds is 3. The number of benzene rings is 1. The average Bonchev–Trinajstić information content (AvgIpc) is 2.36. The number of hydrogen-bond donors (Lipinski definition) is 1. The van der Waals surface area contributed by atoms with Crippen LogP contribution in [0.3, 0.4) is 0 Å². The number of ether oxygens (including phenoxy) is 1. The first-order valence-corrected chi connectivity index (χ1v) is 8.93. The van der Waals surface area contributed by atoms with E-state index in [0.29, 0.717) is 23.3 Å². The van der Waals surface area contributed by atoms with Gasteiger partial charge in [0.2, 0.25) is 0 Å². The highest BCUT2D eigenvalue weighted by molar-refractivity contribution is 9.10. The van der Waals surface area contributed by atoms with Gasteiger partial charge in [-0.3, -0.25) is 4.90 Å². The molecule has 0 spiro atoms. The molecule has 2 rings (SSSR count). The third-order valence-electron chi connectivity index (χ3n) is 3.50. The molecule has 1 aliphatic rings. The Balaban J connectivity index is 2.17. The third kappa shape index (κ3) is 3.45. The van der Waals surface area contributed by atoms with Gasteiger partial charge in [-0.25, -0.2) is 8.42 Å². The molecule has 112 valence electrons. The Morgan fingerprint density at radius 3 is 2.80 bits per heavy atom. The zero-order chi connectivity index (χ0) is 14.9. The van der Waals surface area contributed by atoms with Crippen molar-refractivity contribution in [3.8, 4) is 11.5 Å². The van der Waals surface area contributed by atoms with Crippen LogP contribution in [-0.2, 0) is 16.4 Å². The van der Waals surface area contributed by atoms with Crippen molar-refractivity contribution < 1.29 is 18.3 Å². The van der Waals surface area contributed by atoms with Crippen molar-refractivity contribution in [3.63, 3.8) is 0 Å². The molecule has 0 saturated carbocycles. The van der Waals surface area contributed by atoms with E-state index in [-0.39, 0.29) is 23.3 Å². The molecule has 1 fully saturated rings. The third-order valence-corrected chi connectivity index (χ3v) is 5.90. The highest BCUT2D eigenvalue weighted by Crippen LogP contribution is 2.35. The van der Waals surface area contributed by atoms with Crippen LogP contribution >= 0.6 is 15.9 Å². The molecule has 0 bridgehead atoms. The summed E-state index contributed by atoms with van der Waals surface area (Å²) in [7, 11) is -1.40. The lowest BCUT2D eigenvalue weighted by Gasteiger charge is -2.33. The highest BCUT2D eigenvalue weighted by atomic mass is 79.9. The Hall–Kier alpha value is -0.790. The van der Waals surface area contributed by atoms with E-state index in [1.54, 1.807) is 6.07 Å². The fourth-order valence-electron chi connectivity index (χ4n) is 2.38. The van der Waals surface area contributed by atoms with Gasteiger partial charge in [0.05, 0.1) is 23.1 Å². The van der Waals surface area contributed by atoms with E-state index in [2.05, 4.69) is 20.8 Å². The van der Waals surface area contributed by atoms with Gasteiger partial charge in [0, 0.05) is 19.1 Å². The summed E-state index contributed by atoms with van der Waals surface area (Å²) in [5.74, 6) is 0.883. The van der Waals surface area contributed by atoms with Crippen molar-refractivity contribution in [2.75, 3.05) is 25.2 Å². The molecular weight excluding hydrogens is 346 g/mol. The summed E-state index contributed by atoms with van der Waals surface area (Å²) < 4.78 is 28.8. The van der Waals surface area contributed by atoms with Gasteiger partial charge in [0.15, 0.2) is 21.3 Å². The van der Waals surface area contributed by atoms with Crippen LogP contribution in [0, 0.1) is 0 Å². The smallest absolute Gasteiger partial charge is 0.172 e. The van der Waals surface area contributed by atoms with E-state index in [1.807, 2.05) is 13.0 Å². The summed E-state index contributed by atoms with van der Waals surface area (Å²) in [4.78, 5) is 2.12. The molecule has 1 atom stereocenters. The molecule has 0 radical (unpaired) electrons. The van der Waals surface area contributed by atoms with Crippen LogP contribution in [-0.4, -0.2) is 49.6 Å². The van der Waals surface area contributed by atoms with Crippen molar-refractivity contribution in [3.05, 3.63) is 22.2 Å². The Labute approximate surface area is 127 Å². The molecule has 0 aromatic heterocycles. The Kier molecular flexibility index (Phi) is 4.61. The van der Waals surface area contributed by atoms with E-state index in [1.165, 1.54) is 7.11 Å². The van der Waals surface area contributed by atoms with Gasteiger partial charge in [-0.15, -0.1) is 0 Å². The number of halogens is 1. The van der Waals surface area contributed by atoms with Crippen molar-refractivity contribution in [2.24, 2.45) is 0 Å². The summed E-state index contributed by atoms with van der Waals surface area (Å²) in [6, 6.07) is 3.59. The van der Waals surface area contributed by atoms with Gasteiger partial charge in [-0.05, 0) is 40.5 Å². The first-order chi connectivity index (χ1) is 9.32. The average molecular weight is 364 g/mol. The van der Waals surface area contributed by atoms with Gasteiger partial charge in [-0.1, -0.05) is 0 Å². The van der Waals surface area contributed by atoms with E-state index in [9.17, 15) is 13.5 Å². The molecule has 1 unspecified atom stereocenters. The normalized spacial score (nSPS) is 22.6. The second-order valence-electron chi connectivity index (χ2n) is 5.06. The lowest BCUT2D eigenvalue weighted by molar-refractivity contribution is 0.217. The summed E-state index contributed by atoms with van der Waals surface area (Å²) in [6.45, 7) is 3.08. The van der Waals surface area contributed by atoms with Crippen LogP contribution in [0.15, 0.2) is 16.6 Å². The van der Waals surface area contributed by atoms with Crippen LogP contribution in [0.1, 0.15) is 12.5 Å². The first-order valence-electron chi connectivity index (χ1n) is 6.32. The van der Waals surface area contributed by atoms with Gasteiger partial charge in [-0.2, -0.15) is 0 Å².